The maximum absolute atomic E-state index is 12.5. The zero-order valence-corrected chi connectivity index (χ0v) is 13.7. The van der Waals surface area contributed by atoms with E-state index in [0.717, 1.165) is 26.1 Å². The van der Waals surface area contributed by atoms with Crippen molar-refractivity contribution < 1.29 is 4.79 Å². The predicted molar refractivity (Wildman–Crippen MR) is 85.5 cm³/mol. The van der Waals surface area contributed by atoms with Crippen molar-refractivity contribution in [3.05, 3.63) is 24.3 Å². The molecule has 0 aliphatic carbocycles. The molecule has 1 aromatic heterocycles. The molecule has 1 amide bonds. The molecule has 2 aliphatic rings. The van der Waals surface area contributed by atoms with Gasteiger partial charge in [-0.3, -0.25) is 9.78 Å². The Labute approximate surface area is 132 Å². The van der Waals surface area contributed by atoms with Crippen LogP contribution in [-0.4, -0.2) is 58.4 Å². The molecule has 2 saturated heterocycles. The normalized spacial score (nSPS) is 26.0. The summed E-state index contributed by atoms with van der Waals surface area (Å²) in [4.78, 5) is 25.3. The van der Waals surface area contributed by atoms with Crippen LogP contribution >= 0.6 is 0 Å². The molecule has 0 N–H and O–H groups in total. The van der Waals surface area contributed by atoms with Gasteiger partial charge >= 0.3 is 0 Å². The monoisotopic (exact) mass is 302 g/mol. The van der Waals surface area contributed by atoms with Gasteiger partial charge in [-0.05, 0) is 31.7 Å². The Morgan fingerprint density at radius 2 is 2.14 bits per heavy atom. The number of hydrogen-bond donors (Lipinski definition) is 0. The van der Waals surface area contributed by atoms with Crippen LogP contribution in [0, 0.1) is 11.3 Å². The third kappa shape index (κ3) is 3.29. The van der Waals surface area contributed by atoms with Crippen molar-refractivity contribution in [1.82, 2.24) is 19.8 Å². The number of carbonyl (C=O) groups is 1. The van der Waals surface area contributed by atoms with Crippen LogP contribution in [0.2, 0.25) is 0 Å². The van der Waals surface area contributed by atoms with Crippen molar-refractivity contribution in [2.45, 2.75) is 33.1 Å². The summed E-state index contributed by atoms with van der Waals surface area (Å²) in [6, 6.07) is 0. The minimum atomic E-state index is 0.0333. The molecule has 0 saturated carbocycles. The molecule has 0 aromatic carbocycles. The van der Waals surface area contributed by atoms with E-state index in [4.69, 9.17) is 0 Å². The van der Waals surface area contributed by atoms with Gasteiger partial charge in [-0.15, -0.1) is 0 Å². The summed E-state index contributed by atoms with van der Waals surface area (Å²) >= 11 is 0. The predicted octanol–water partition coefficient (Wildman–Crippen LogP) is 2.06. The summed E-state index contributed by atoms with van der Waals surface area (Å²) in [5.41, 5.74) is 0.764. The Kier molecular flexibility index (Phi) is 4.43. The van der Waals surface area contributed by atoms with Crippen LogP contribution in [0.25, 0.3) is 0 Å². The molecule has 22 heavy (non-hydrogen) atoms. The van der Waals surface area contributed by atoms with E-state index in [1.54, 1.807) is 18.6 Å². The van der Waals surface area contributed by atoms with Gasteiger partial charge in [-0.25, -0.2) is 4.98 Å². The van der Waals surface area contributed by atoms with Gasteiger partial charge < -0.3 is 9.80 Å². The first-order valence-corrected chi connectivity index (χ1v) is 8.36. The quantitative estimate of drug-likeness (QED) is 0.857. The van der Waals surface area contributed by atoms with E-state index in [-0.39, 0.29) is 5.91 Å². The van der Waals surface area contributed by atoms with Crippen LogP contribution in [0.3, 0.4) is 0 Å². The molecular formula is C17H26N4O. The Balaban J connectivity index is 1.65. The Morgan fingerprint density at radius 1 is 1.27 bits per heavy atom. The second-order valence-electron chi connectivity index (χ2n) is 7.30. The molecule has 0 radical (unpaired) electrons. The topological polar surface area (TPSA) is 49.3 Å². The van der Waals surface area contributed by atoms with Gasteiger partial charge in [0.2, 0.25) is 0 Å². The molecule has 5 nitrogen and oxygen atoms in total. The van der Waals surface area contributed by atoms with Crippen LogP contribution in [-0.2, 0) is 0 Å². The molecule has 1 aromatic rings. The fourth-order valence-corrected chi connectivity index (χ4v) is 4.00. The SMILES string of the molecule is CC(C)CN1CCC[C@]2(CCN(C(=O)c3cnccn3)C2)C1. The van der Waals surface area contributed by atoms with E-state index in [1.165, 1.54) is 25.9 Å². The standard InChI is InChI=1S/C17H26N4O/c1-14(2)11-20-8-3-4-17(12-20)5-9-21(13-17)16(22)15-10-18-6-7-19-15/h6-7,10,14H,3-5,8-9,11-13H2,1-2H3/t17-/m0/s1. The highest BCUT2D eigenvalue weighted by Gasteiger charge is 2.43. The maximum Gasteiger partial charge on any atom is 0.274 e. The van der Waals surface area contributed by atoms with Gasteiger partial charge in [0.1, 0.15) is 5.69 Å². The van der Waals surface area contributed by atoms with Crippen LogP contribution in [0.5, 0.6) is 0 Å². The molecule has 120 valence electrons. The van der Waals surface area contributed by atoms with Crippen LogP contribution in [0.4, 0.5) is 0 Å². The summed E-state index contributed by atoms with van der Waals surface area (Å²) in [7, 11) is 0. The Bertz CT molecular complexity index is 519. The lowest BCUT2D eigenvalue weighted by Crippen LogP contribution is -2.46. The van der Waals surface area contributed by atoms with Gasteiger partial charge in [-0.1, -0.05) is 13.8 Å². The lowest BCUT2D eigenvalue weighted by Gasteiger charge is -2.41. The van der Waals surface area contributed by atoms with Gasteiger partial charge in [0.05, 0.1) is 6.20 Å². The molecule has 2 fully saturated rings. The van der Waals surface area contributed by atoms with Crippen molar-refractivity contribution in [3.8, 4) is 0 Å². The molecular weight excluding hydrogens is 276 g/mol. The van der Waals surface area contributed by atoms with Crippen molar-refractivity contribution in [2.24, 2.45) is 11.3 Å². The summed E-state index contributed by atoms with van der Waals surface area (Å²) in [6.45, 7) is 9.79. The smallest absolute Gasteiger partial charge is 0.274 e. The molecule has 3 rings (SSSR count). The summed E-state index contributed by atoms with van der Waals surface area (Å²) in [6.07, 6.45) is 8.37. The highest BCUT2D eigenvalue weighted by atomic mass is 16.2. The summed E-state index contributed by atoms with van der Waals surface area (Å²) in [5, 5.41) is 0. The van der Waals surface area contributed by atoms with Crippen molar-refractivity contribution >= 4 is 5.91 Å². The highest BCUT2D eigenvalue weighted by molar-refractivity contribution is 5.92. The largest absolute Gasteiger partial charge is 0.337 e. The number of carbonyl (C=O) groups excluding carboxylic acids is 1. The summed E-state index contributed by atoms with van der Waals surface area (Å²) in [5.74, 6) is 0.736. The first-order chi connectivity index (χ1) is 10.6. The molecule has 0 bridgehead atoms. The average Bonchev–Trinajstić information content (AvgIpc) is 2.90. The molecule has 0 unspecified atom stereocenters. The van der Waals surface area contributed by atoms with E-state index in [1.807, 2.05) is 4.90 Å². The second-order valence-corrected chi connectivity index (χ2v) is 7.30. The molecule has 1 spiro atoms. The third-order valence-corrected chi connectivity index (χ3v) is 4.87. The molecule has 5 heteroatoms. The van der Waals surface area contributed by atoms with Crippen molar-refractivity contribution in [3.63, 3.8) is 0 Å². The van der Waals surface area contributed by atoms with Crippen LogP contribution < -0.4 is 0 Å². The van der Waals surface area contributed by atoms with Gasteiger partial charge in [0, 0.05) is 44.0 Å². The Morgan fingerprint density at radius 3 is 2.86 bits per heavy atom. The third-order valence-electron chi connectivity index (χ3n) is 4.87. The van der Waals surface area contributed by atoms with Crippen LogP contribution in [0.15, 0.2) is 18.6 Å². The van der Waals surface area contributed by atoms with E-state index in [2.05, 4.69) is 28.7 Å². The molecule has 2 aliphatic heterocycles. The first kappa shape index (κ1) is 15.4. The number of aromatic nitrogens is 2. The zero-order valence-electron chi connectivity index (χ0n) is 13.7. The first-order valence-electron chi connectivity index (χ1n) is 8.36. The van der Waals surface area contributed by atoms with Crippen LogP contribution in [0.1, 0.15) is 43.6 Å². The summed E-state index contributed by atoms with van der Waals surface area (Å²) < 4.78 is 0. The number of hydrogen-bond acceptors (Lipinski definition) is 4. The van der Waals surface area contributed by atoms with E-state index in [9.17, 15) is 4.79 Å². The fourth-order valence-electron chi connectivity index (χ4n) is 4.00. The molecule has 1 atom stereocenters. The number of likely N-dealkylation sites (tertiary alicyclic amines) is 2. The van der Waals surface area contributed by atoms with E-state index < -0.39 is 0 Å². The Hall–Kier alpha value is -1.49. The second kappa shape index (κ2) is 6.32. The minimum Gasteiger partial charge on any atom is -0.337 e. The lowest BCUT2D eigenvalue weighted by molar-refractivity contribution is 0.0662. The minimum absolute atomic E-state index is 0.0333. The van der Waals surface area contributed by atoms with Gasteiger partial charge in [0.15, 0.2) is 0 Å². The zero-order chi connectivity index (χ0) is 15.6. The lowest BCUT2D eigenvalue weighted by atomic mass is 9.79. The number of rotatable bonds is 3. The number of nitrogens with zero attached hydrogens (tertiary/aromatic N) is 4. The fraction of sp³-hybridized carbons (Fsp3) is 0.706. The van der Waals surface area contributed by atoms with Crippen molar-refractivity contribution in [2.75, 3.05) is 32.7 Å². The van der Waals surface area contributed by atoms with Gasteiger partial charge in [-0.2, -0.15) is 0 Å². The number of piperidine rings is 1. The van der Waals surface area contributed by atoms with Crippen molar-refractivity contribution in [1.29, 1.82) is 0 Å². The van der Waals surface area contributed by atoms with E-state index in [0.29, 0.717) is 17.0 Å². The maximum atomic E-state index is 12.5. The molecule has 3 heterocycles. The van der Waals surface area contributed by atoms with Gasteiger partial charge in [0.25, 0.3) is 5.91 Å². The number of amides is 1. The van der Waals surface area contributed by atoms with E-state index >= 15 is 0 Å². The highest BCUT2D eigenvalue weighted by Crippen LogP contribution is 2.39. The average molecular weight is 302 g/mol.